The van der Waals surface area contributed by atoms with Crippen LogP contribution < -0.4 is 15.9 Å². The highest BCUT2D eigenvalue weighted by molar-refractivity contribution is 7.44. The first-order valence-electron chi connectivity index (χ1n) is 10.7. The summed E-state index contributed by atoms with van der Waals surface area (Å²) in [6.45, 7) is 2.46. The fourth-order valence-electron chi connectivity index (χ4n) is 3.85. The smallest absolute Gasteiger partial charge is 0.413 e. The van der Waals surface area contributed by atoms with Gasteiger partial charge in [-0.1, -0.05) is 11.6 Å². The van der Waals surface area contributed by atoms with E-state index in [9.17, 15) is 32.9 Å². The number of nitrogens with zero attached hydrogens (tertiary/aromatic N) is 2. The third-order valence-electron chi connectivity index (χ3n) is 5.44. The predicted molar refractivity (Wildman–Crippen MR) is 119 cm³/mol. The van der Waals surface area contributed by atoms with Crippen LogP contribution in [0.25, 0.3) is 11.0 Å². The summed E-state index contributed by atoms with van der Waals surface area (Å²) in [5.41, 5.74) is 1.32. The average molecular weight is 544 g/mol. The summed E-state index contributed by atoms with van der Waals surface area (Å²) in [7, 11) is -5.27. The molecule has 16 heteroatoms. The standard InChI is InChI=1S/C21H22F2N3O10P/c1-10-5-11(2)16-12(6-10)7-13(35-16)8-33-20(29)25-15-3-4-26(19(28)24-15)18-21(22,23)17(27)14(36-18)9-34-37(30,31)32/h3-7,14,17-18,27H,8-9H2,1-2H3,(H2,30,31,32)(H,24,25,28,29)/p-1/t14-,17-,18-/m1/s1. The lowest BCUT2D eigenvalue weighted by Gasteiger charge is -2.21. The monoisotopic (exact) mass is 544 g/mol. The highest BCUT2D eigenvalue weighted by atomic mass is 31.2. The van der Waals surface area contributed by atoms with Gasteiger partial charge >= 0.3 is 17.7 Å². The molecule has 37 heavy (non-hydrogen) atoms. The van der Waals surface area contributed by atoms with Crippen molar-refractivity contribution in [3.63, 3.8) is 0 Å². The number of hydrogen-bond acceptors (Lipinski definition) is 10. The molecule has 0 radical (unpaired) electrons. The third kappa shape index (κ3) is 5.87. The number of hydrogen-bond donors (Lipinski definition) is 3. The number of aliphatic hydroxyl groups excluding tert-OH is 1. The number of aryl methyl sites for hydroxylation is 2. The number of nitrogens with one attached hydrogen (secondary N) is 1. The lowest BCUT2D eigenvalue weighted by molar-refractivity contribution is -0.222. The van der Waals surface area contributed by atoms with Crippen LogP contribution in [-0.2, 0) is 25.2 Å². The van der Waals surface area contributed by atoms with Crippen LogP contribution in [-0.4, -0.2) is 50.4 Å². The number of aliphatic hydroxyl groups is 1. The number of anilines is 1. The molecule has 2 aromatic heterocycles. The SMILES string of the molecule is Cc1cc(C)c2oc(COC(=O)Nc3ccn([C@@H]4O[C@H](COP(=O)([O-])O)[C@@H](O)C4(F)F)c(=O)n3)cc2c1. The largest absolute Gasteiger partial charge is 0.756 e. The molecule has 3 heterocycles. The number of halogens is 2. The van der Waals surface area contributed by atoms with Crippen molar-refractivity contribution in [1.29, 1.82) is 0 Å². The Balaban J connectivity index is 1.40. The van der Waals surface area contributed by atoms with Crippen LogP contribution in [0.2, 0.25) is 0 Å². The number of benzene rings is 1. The lowest BCUT2D eigenvalue weighted by Crippen LogP contribution is -2.42. The Morgan fingerprint density at radius 2 is 2.08 bits per heavy atom. The maximum Gasteiger partial charge on any atom is 0.413 e. The van der Waals surface area contributed by atoms with Gasteiger partial charge in [0.2, 0.25) is 6.23 Å². The van der Waals surface area contributed by atoms with E-state index in [1.807, 2.05) is 26.0 Å². The highest BCUT2D eigenvalue weighted by Crippen LogP contribution is 2.43. The third-order valence-corrected chi connectivity index (χ3v) is 5.91. The Bertz CT molecular complexity index is 1440. The van der Waals surface area contributed by atoms with Crippen molar-refractivity contribution >= 4 is 30.7 Å². The maximum atomic E-state index is 14.5. The molecule has 1 saturated heterocycles. The Labute approximate surface area is 206 Å². The lowest BCUT2D eigenvalue weighted by atomic mass is 10.1. The van der Waals surface area contributed by atoms with E-state index in [0.717, 1.165) is 28.8 Å². The van der Waals surface area contributed by atoms with Gasteiger partial charge in [-0.3, -0.25) is 14.4 Å². The minimum atomic E-state index is -5.27. The summed E-state index contributed by atoms with van der Waals surface area (Å²) in [6, 6.07) is 6.57. The molecule has 3 aromatic rings. The highest BCUT2D eigenvalue weighted by Gasteiger charge is 2.59. The summed E-state index contributed by atoms with van der Waals surface area (Å²) >= 11 is 0. The number of phosphoric ester groups is 1. The van der Waals surface area contributed by atoms with Crippen LogP contribution in [0.15, 0.2) is 39.7 Å². The molecule has 1 fully saturated rings. The van der Waals surface area contributed by atoms with Crippen molar-refractivity contribution in [3.05, 3.63) is 57.8 Å². The quantitative estimate of drug-likeness (QED) is 0.368. The van der Waals surface area contributed by atoms with Gasteiger partial charge in [0.1, 0.15) is 23.3 Å². The molecule has 1 amide bonds. The zero-order valence-corrected chi connectivity index (χ0v) is 20.2. The summed E-state index contributed by atoms with van der Waals surface area (Å²) in [4.78, 5) is 47.3. The maximum absolute atomic E-state index is 14.5. The van der Waals surface area contributed by atoms with Crippen molar-refractivity contribution in [2.75, 3.05) is 11.9 Å². The average Bonchev–Trinajstić information content (AvgIpc) is 3.29. The van der Waals surface area contributed by atoms with Gasteiger partial charge in [0.25, 0.3) is 7.82 Å². The van der Waals surface area contributed by atoms with Gasteiger partial charge in [0.15, 0.2) is 12.7 Å². The van der Waals surface area contributed by atoms with Crippen LogP contribution in [0, 0.1) is 13.8 Å². The number of ether oxygens (including phenoxy) is 2. The summed E-state index contributed by atoms with van der Waals surface area (Å²) in [5, 5.41) is 12.8. The first-order valence-corrected chi connectivity index (χ1v) is 12.2. The van der Waals surface area contributed by atoms with Crippen LogP contribution in [0.4, 0.5) is 19.4 Å². The number of carbonyl (C=O) groups is 1. The number of phosphoric acid groups is 1. The molecule has 1 unspecified atom stereocenters. The molecular formula is C21H21F2N3O10P-. The molecule has 0 spiro atoms. The molecule has 0 saturated carbocycles. The van der Waals surface area contributed by atoms with Crippen LogP contribution >= 0.6 is 7.82 Å². The van der Waals surface area contributed by atoms with E-state index in [4.69, 9.17) is 18.8 Å². The Kier molecular flexibility index (Phi) is 7.21. The number of amides is 1. The predicted octanol–water partition coefficient (Wildman–Crippen LogP) is 1.73. The van der Waals surface area contributed by atoms with Gasteiger partial charge in [-0.15, -0.1) is 0 Å². The van der Waals surface area contributed by atoms with E-state index in [0.29, 0.717) is 15.9 Å². The zero-order chi connectivity index (χ0) is 27.1. The number of rotatable bonds is 7. The summed E-state index contributed by atoms with van der Waals surface area (Å²) in [6.07, 6.45) is -7.00. The normalized spacial score (nSPS) is 22.6. The number of alkyl halides is 2. The van der Waals surface area contributed by atoms with E-state index in [1.54, 1.807) is 6.07 Å². The molecular weight excluding hydrogens is 523 g/mol. The molecule has 0 aliphatic carbocycles. The van der Waals surface area contributed by atoms with E-state index >= 15 is 0 Å². The molecule has 1 aromatic carbocycles. The summed E-state index contributed by atoms with van der Waals surface area (Å²) < 4.78 is 59.7. The van der Waals surface area contributed by atoms with Crippen molar-refractivity contribution in [3.8, 4) is 0 Å². The molecule has 4 atom stereocenters. The van der Waals surface area contributed by atoms with Gasteiger partial charge in [-0.05, 0) is 37.6 Å². The molecule has 13 nitrogen and oxygen atoms in total. The Morgan fingerprint density at radius 3 is 2.76 bits per heavy atom. The Hall–Kier alpha value is -3.20. The second-order valence-electron chi connectivity index (χ2n) is 8.33. The van der Waals surface area contributed by atoms with Gasteiger partial charge < -0.3 is 33.3 Å². The number of furan rings is 1. The fourth-order valence-corrected chi connectivity index (χ4v) is 4.19. The van der Waals surface area contributed by atoms with Crippen molar-refractivity contribution in [2.45, 2.75) is 44.8 Å². The van der Waals surface area contributed by atoms with Crippen molar-refractivity contribution in [2.24, 2.45) is 0 Å². The molecule has 200 valence electrons. The van der Waals surface area contributed by atoms with Crippen LogP contribution in [0.1, 0.15) is 23.1 Å². The van der Waals surface area contributed by atoms with E-state index < -0.39 is 50.6 Å². The van der Waals surface area contributed by atoms with Gasteiger partial charge in [-0.2, -0.15) is 13.8 Å². The van der Waals surface area contributed by atoms with Gasteiger partial charge in [0.05, 0.1) is 6.61 Å². The first-order chi connectivity index (χ1) is 17.2. The first kappa shape index (κ1) is 26.9. The molecule has 0 bridgehead atoms. The minimum absolute atomic E-state index is 0.232. The number of aromatic nitrogens is 2. The minimum Gasteiger partial charge on any atom is -0.756 e. The topological polar surface area (TPSA) is 185 Å². The fraction of sp³-hybridized carbons (Fsp3) is 0.381. The van der Waals surface area contributed by atoms with Crippen molar-refractivity contribution in [1.82, 2.24) is 9.55 Å². The number of fused-ring (bicyclic) bond motifs is 1. The molecule has 3 N–H and O–H groups in total. The van der Waals surface area contributed by atoms with Gasteiger partial charge in [-0.25, -0.2) is 9.59 Å². The molecule has 4 rings (SSSR count). The molecule has 1 aliphatic heterocycles. The zero-order valence-electron chi connectivity index (χ0n) is 19.3. The van der Waals surface area contributed by atoms with Crippen molar-refractivity contribution < 1.29 is 51.4 Å². The summed E-state index contributed by atoms with van der Waals surface area (Å²) in [5.74, 6) is -4.01. The second-order valence-corrected chi connectivity index (χ2v) is 9.52. The van der Waals surface area contributed by atoms with Gasteiger partial charge in [0, 0.05) is 11.6 Å². The molecule has 1 aliphatic rings. The van der Waals surface area contributed by atoms with E-state index in [2.05, 4.69) is 14.8 Å². The van der Waals surface area contributed by atoms with E-state index in [-0.39, 0.29) is 12.4 Å². The number of carbonyl (C=O) groups excluding carboxylic acids is 1. The van der Waals surface area contributed by atoms with Crippen LogP contribution in [0.5, 0.6) is 0 Å². The Morgan fingerprint density at radius 1 is 1.35 bits per heavy atom. The second kappa shape index (κ2) is 9.93. The van der Waals surface area contributed by atoms with Crippen LogP contribution in [0.3, 0.4) is 0 Å². The van der Waals surface area contributed by atoms with E-state index in [1.165, 1.54) is 0 Å².